The highest BCUT2D eigenvalue weighted by Crippen LogP contribution is 2.17. The Hall–Kier alpha value is -2.94. The van der Waals surface area contributed by atoms with Crippen LogP contribution < -0.4 is 5.56 Å². The van der Waals surface area contributed by atoms with E-state index in [-0.39, 0.29) is 5.69 Å². The maximum absolute atomic E-state index is 11.8. The number of H-pyrrole nitrogens is 1. The fourth-order valence-corrected chi connectivity index (χ4v) is 1.72. The Kier molecular flexibility index (Phi) is 2.17. The average molecular weight is 237 g/mol. The van der Waals surface area contributed by atoms with E-state index >= 15 is 0 Å². The molecule has 2 heterocycles. The van der Waals surface area contributed by atoms with Crippen LogP contribution in [0.25, 0.3) is 16.9 Å². The predicted molar refractivity (Wildman–Crippen MR) is 63.8 cm³/mol. The van der Waals surface area contributed by atoms with Crippen LogP contribution in [0.2, 0.25) is 0 Å². The van der Waals surface area contributed by atoms with Crippen LogP contribution in [0.15, 0.2) is 41.2 Å². The molecule has 0 atom stereocenters. The van der Waals surface area contributed by atoms with Crippen molar-refractivity contribution in [2.45, 2.75) is 0 Å². The second kappa shape index (κ2) is 3.82. The molecule has 0 radical (unpaired) electrons. The van der Waals surface area contributed by atoms with E-state index in [1.54, 1.807) is 12.1 Å². The summed E-state index contributed by atoms with van der Waals surface area (Å²) >= 11 is 0. The summed E-state index contributed by atoms with van der Waals surface area (Å²) in [7, 11) is 0. The molecule has 0 spiro atoms. The van der Waals surface area contributed by atoms with Gasteiger partial charge in [-0.05, 0) is 5.56 Å². The van der Waals surface area contributed by atoms with Gasteiger partial charge in [0.15, 0.2) is 5.65 Å². The molecule has 86 valence electrons. The number of benzene rings is 1. The van der Waals surface area contributed by atoms with Crippen molar-refractivity contribution in [3.05, 3.63) is 52.4 Å². The molecule has 0 fully saturated rings. The van der Waals surface area contributed by atoms with Crippen LogP contribution >= 0.6 is 0 Å². The number of aromatic amines is 1. The van der Waals surface area contributed by atoms with Crippen LogP contribution in [0.3, 0.4) is 0 Å². The van der Waals surface area contributed by atoms with E-state index in [4.69, 9.17) is 5.26 Å². The largest absolute Gasteiger partial charge is 0.309 e. The number of rotatable bonds is 1. The molecule has 0 saturated heterocycles. The Labute approximate surface area is 101 Å². The average Bonchev–Trinajstić information content (AvgIpc) is 2.85. The van der Waals surface area contributed by atoms with Crippen molar-refractivity contribution < 1.29 is 0 Å². The van der Waals surface area contributed by atoms with Crippen molar-refractivity contribution in [3.8, 4) is 17.3 Å². The molecule has 0 aliphatic carbocycles. The smallest absolute Gasteiger partial charge is 0.289 e. The number of hydrogen-bond acceptors (Lipinski definition) is 4. The quantitative estimate of drug-likeness (QED) is 0.682. The maximum Gasteiger partial charge on any atom is 0.309 e. The van der Waals surface area contributed by atoms with E-state index in [1.165, 1.54) is 4.52 Å². The van der Waals surface area contributed by atoms with Gasteiger partial charge in [0.2, 0.25) is 5.69 Å². The zero-order valence-electron chi connectivity index (χ0n) is 9.16. The molecule has 0 aliphatic heterocycles. The fraction of sp³-hybridized carbons (Fsp3) is 0. The van der Waals surface area contributed by atoms with Crippen LogP contribution in [-0.2, 0) is 0 Å². The van der Waals surface area contributed by atoms with Crippen LogP contribution in [0.1, 0.15) is 5.69 Å². The number of nitriles is 1. The maximum atomic E-state index is 11.8. The van der Waals surface area contributed by atoms with Crippen molar-refractivity contribution in [2.75, 3.05) is 0 Å². The lowest BCUT2D eigenvalue weighted by atomic mass is 10.2. The topological polar surface area (TPSA) is 86.8 Å². The van der Waals surface area contributed by atoms with Crippen molar-refractivity contribution >= 4 is 5.65 Å². The lowest BCUT2D eigenvalue weighted by molar-refractivity contribution is 0.843. The molecule has 0 saturated carbocycles. The fourth-order valence-electron chi connectivity index (χ4n) is 1.72. The lowest BCUT2D eigenvalue weighted by Crippen LogP contribution is -2.20. The van der Waals surface area contributed by atoms with Crippen molar-refractivity contribution in [1.82, 2.24) is 19.8 Å². The van der Waals surface area contributed by atoms with Crippen molar-refractivity contribution in [1.29, 1.82) is 5.26 Å². The number of nitrogens with zero attached hydrogens (tertiary/aromatic N) is 4. The molecule has 0 unspecified atom stereocenters. The first-order chi connectivity index (χ1) is 8.79. The minimum atomic E-state index is -0.496. The summed E-state index contributed by atoms with van der Waals surface area (Å²) in [6, 6.07) is 13.0. The Morgan fingerprint density at radius 2 is 2.00 bits per heavy atom. The highest BCUT2D eigenvalue weighted by molar-refractivity contribution is 5.63. The third-order valence-corrected chi connectivity index (χ3v) is 2.58. The Bertz CT molecular complexity index is 810. The second-order valence-corrected chi connectivity index (χ2v) is 3.70. The zero-order chi connectivity index (χ0) is 12.5. The number of nitrogens with one attached hydrogen (secondary N) is 1. The van der Waals surface area contributed by atoms with Gasteiger partial charge in [0.05, 0.1) is 5.69 Å². The predicted octanol–water partition coefficient (Wildman–Crippen LogP) is 0.956. The summed E-state index contributed by atoms with van der Waals surface area (Å²) in [5.74, 6) is 0. The molecule has 18 heavy (non-hydrogen) atoms. The van der Waals surface area contributed by atoms with Crippen molar-refractivity contribution in [3.63, 3.8) is 0 Å². The minimum Gasteiger partial charge on any atom is -0.289 e. The van der Waals surface area contributed by atoms with Crippen LogP contribution in [0.5, 0.6) is 0 Å². The highest BCUT2D eigenvalue weighted by atomic mass is 16.1. The first kappa shape index (κ1) is 10.2. The van der Waals surface area contributed by atoms with Gasteiger partial charge in [-0.1, -0.05) is 30.3 Å². The molecule has 0 amide bonds. The Morgan fingerprint density at radius 3 is 2.72 bits per heavy atom. The first-order valence-electron chi connectivity index (χ1n) is 5.23. The van der Waals surface area contributed by atoms with E-state index in [2.05, 4.69) is 15.3 Å². The monoisotopic (exact) mass is 237 g/mol. The molecule has 6 heteroatoms. The molecule has 1 aromatic carbocycles. The molecule has 6 nitrogen and oxygen atoms in total. The molecule has 0 aliphatic rings. The lowest BCUT2D eigenvalue weighted by Gasteiger charge is -1.94. The van der Waals surface area contributed by atoms with Gasteiger partial charge < -0.3 is 0 Å². The molecule has 3 rings (SSSR count). The molecular formula is C12H7N5O. The standard InChI is InChI=1S/C12H7N5O/c13-7-10-12(18)17-11(15-14-10)6-9(16-17)8-4-2-1-3-5-8/h1-6,16H. The Balaban J connectivity index is 2.28. The van der Waals surface area contributed by atoms with Crippen LogP contribution in [0.4, 0.5) is 0 Å². The zero-order valence-corrected chi connectivity index (χ0v) is 9.16. The SMILES string of the molecule is N#Cc1nnc2cc(-c3ccccc3)[nH]n2c1=O. The first-order valence-corrected chi connectivity index (χ1v) is 5.23. The van der Waals surface area contributed by atoms with Gasteiger partial charge in [-0.3, -0.25) is 9.89 Å². The summed E-state index contributed by atoms with van der Waals surface area (Å²) in [4.78, 5) is 11.8. The van der Waals surface area contributed by atoms with Crippen LogP contribution in [0, 0.1) is 11.3 Å². The summed E-state index contributed by atoms with van der Waals surface area (Å²) in [5.41, 5.74) is 1.34. The molecular weight excluding hydrogens is 230 g/mol. The van der Waals surface area contributed by atoms with Gasteiger partial charge in [-0.25, -0.2) is 0 Å². The minimum absolute atomic E-state index is 0.228. The van der Waals surface area contributed by atoms with E-state index in [0.717, 1.165) is 11.3 Å². The molecule has 0 bridgehead atoms. The molecule has 3 aromatic rings. The van der Waals surface area contributed by atoms with Gasteiger partial charge in [0.25, 0.3) is 0 Å². The van der Waals surface area contributed by atoms with Gasteiger partial charge in [0.1, 0.15) is 6.07 Å². The number of aromatic nitrogens is 4. The van der Waals surface area contributed by atoms with E-state index in [0.29, 0.717) is 5.65 Å². The Morgan fingerprint density at radius 1 is 1.22 bits per heavy atom. The molecule has 1 N–H and O–H groups in total. The molecule has 2 aromatic heterocycles. The summed E-state index contributed by atoms with van der Waals surface area (Å²) in [6.45, 7) is 0. The summed E-state index contributed by atoms with van der Waals surface area (Å²) < 4.78 is 1.22. The van der Waals surface area contributed by atoms with Gasteiger partial charge in [-0.15, -0.1) is 10.2 Å². The van der Waals surface area contributed by atoms with Gasteiger partial charge in [-0.2, -0.15) is 9.78 Å². The summed E-state index contributed by atoms with van der Waals surface area (Å²) in [5, 5.41) is 19.0. The van der Waals surface area contributed by atoms with Gasteiger partial charge in [0, 0.05) is 6.07 Å². The van der Waals surface area contributed by atoms with Crippen molar-refractivity contribution in [2.24, 2.45) is 0 Å². The van der Waals surface area contributed by atoms with E-state index in [1.807, 2.05) is 30.3 Å². The summed E-state index contributed by atoms with van der Waals surface area (Å²) in [6.07, 6.45) is 0. The van der Waals surface area contributed by atoms with Crippen LogP contribution in [-0.4, -0.2) is 19.8 Å². The van der Waals surface area contributed by atoms with E-state index in [9.17, 15) is 4.79 Å². The number of fused-ring (bicyclic) bond motifs is 1. The highest BCUT2D eigenvalue weighted by Gasteiger charge is 2.09. The second-order valence-electron chi connectivity index (χ2n) is 3.70. The third-order valence-electron chi connectivity index (χ3n) is 2.58. The normalized spacial score (nSPS) is 10.4. The third kappa shape index (κ3) is 1.46. The van der Waals surface area contributed by atoms with Gasteiger partial charge >= 0.3 is 5.56 Å². The number of hydrogen-bond donors (Lipinski definition) is 1. The van der Waals surface area contributed by atoms with E-state index < -0.39 is 5.56 Å².